The number of carbonyl (C=O) groups is 1. The summed E-state index contributed by atoms with van der Waals surface area (Å²) in [5, 5.41) is 13.0. The molecule has 7 rings (SSSR count). The van der Waals surface area contributed by atoms with Gasteiger partial charge in [-0.2, -0.15) is 0 Å². The summed E-state index contributed by atoms with van der Waals surface area (Å²) in [6.45, 7) is 3.34. The molecule has 1 amide bonds. The van der Waals surface area contributed by atoms with Crippen LogP contribution in [0.5, 0.6) is 0 Å². The third-order valence-electron chi connectivity index (χ3n) is 7.97. The number of amides is 1. The minimum atomic E-state index is -0.482. The van der Waals surface area contributed by atoms with Gasteiger partial charge < -0.3 is 10.0 Å². The first-order valence-electron chi connectivity index (χ1n) is 13.3. The average Bonchev–Trinajstić information content (AvgIpc) is 3.55. The Hall–Kier alpha value is -4.07. The van der Waals surface area contributed by atoms with Gasteiger partial charge in [-0.3, -0.25) is 14.3 Å². The molecule has 2 aromatic carbocycles. The molecule has 1 unspecified atom stereocenters. The summed E-state index contributed by atoms with van der Waals surface area (Å²) in [4.78, 5) is 25.3. The SMILES string of the molecule is Cc1nc2cnccc2n1-c1ccc(C(=O)N2CCC(=C3c4ccccc4CC(O)c4sccc43)CC2)cc1. The molecule has 7 heteroatoms. The molecular formula is C32H28N4O2S. The molecule has 0 spiro atoms. The number of thiophene rings is 1. The fourth-order valence-corrected chi connectivity index (χ4v) is 6.99. The van der Waals surface area contributed by atoms with Gasteiger partial charge in [-0.15, -0.1) is 11.3 Å². The Kier molecular flexibility index (Phi) is 5.90. The lowest BCUT2D eigenvalue weighted by Crippen LogP contribution is -2.36. The molecule has 6 nitrogen and oxygen atoms in total. The zero-order chi connectivity index (χ0) is 26.5. The first-order valence-corrected chi connectivity index (χ1v) is 14.2. The van der Waals surface area contributed by atoms with Crippen molar-refractivity contribution in [2.45, 2.75) is 32.3 Å². The number of aliphatic hydroxyl groups is 1. The van der Waals surface area contributed by atoms with Crippen molar-refractivity contribution in [1.82, 2.24) is 19.4 Å². The Morgan fingerprint density at radius 1 is 1.00 bits per heavy atom. The van der Waals surface area contributed by atoms with Crippen LogP contribution in [0.3, 0.4) is 0 Å². The zero-order valence-electron chi connectivity index (χ0n) is 21.7. The summed E-state index contributed by atoms with van der Waals surface area (Å²) in [5.41, 5.74) is 9.71. The fourth-order valence-electron chi connectivity index (χ4n) is 6.10. The number of aliphatic hydroxyl groups excluding tert-OH is 1. The summed E-state index contributed by atoms with van der Waals surface area (Å²) in [5.74, 6) is 0.949. The lowest BCUT2D eigenvalue weighted by atomic mass is 9.87. The van der Waals surface area contributed by atoms with Gasteiger partial charge in [0.1, 0.15) is 11.3 Å². The minimum absolute atomic E-state index is 0.0647. The normalized spacial score (nSPS) is 17.2. The van der Waals surface area contributed by atoms with E-state index < -0.39 is 6.10 Å². The van der Waals surface area contributed by atoms with Crippen molar-refractivity contribution in [2.75, 3.05) is 13.1 Å². The lowest BCUT2D eigenvalue weighted by Gasteiger charge is -2.30. The van der Waals surface area contributed by atoms with Crippen LogP contribution < -0.4 is 0 Å². The Bertz CT molecular complexity index is 1740. The molecule has 4 heterocycles. The second-order valence-corrected chi connectivity index (χ2v) is 11.2. The molecule has 1 saturated heterocycles. The van der Waals surface area contributed by atoms with Gasteiger partial charge in [0, 0.05) is 41.8 Å². The molecule has 1 N–H and O–H groups in total. The van der Waals surface area contributed by atoms with Crippen molar-refractivity contribution < 1.29 is 9.90 Å². The molecule has 39 heavy (non-hydrogen) atoms. The second-order valence-electron chi connectivity index (χ2n) is 10.3. The van der Waals surface area contributed by atoms with Gasteiger partial charge in [0.2, 0.25) is 0 Å². The van der Waals surface area contributed by atoms with Gasteiger partial charge in [0.15, 0.2) is 0 Å². The number of hydrogen-bond acceptors (Lipinski definition) is 5. The Balaban J connectivity index is 1.14. The predicted molar refractivity (Wildman–Crippen MR) is 154 cm³/mol. The number of imidazole rings is 1. The van der Waals surface area contributed by atoms with Crippen molar-refractivity contribution in [3.05, 3.63) is 117 Å². The number of pyridine rings is 1. The second kappa shape index (κ2) is 9.59. The first-order chi connectivity index (χ1) is 19.1. The van der Waals surface area contributed by atoms with Crippen LogP contribution in [-0.4, -0.2) is 43.5 Å². The molecule has 194 valence electrons. The predicted octanol–water partition coefficient (Wildman–Crippen LogP) is 6.12. The Labute approximate surface area is 230 Å². The van der Waals surface area contributed by atoms with Crippen LogP contribution in [0.2, 0.25) is 0 Å². The average molecular weight is 533 g/mol. The highest BCUT2D eigenvalue weighted by Crippen LogP contribution is 2.43. The molecule has 0 radical (unpaired) electrons. The van der Waals surface area contributed by atoms with Crippen LogP contribution in [-0.2, 0) is 6.42 Å². The van der Waals surface area contributed by atoms with E-state index >= 15 is 0 Å². The summed E-state index contributed by atoms with van der Waals surface area (Å²) in [6, 6.07) is 20.4. The van der Waals surface area contributed by atoms with Crippen LogP contribution >= 0.6 is 11.3 Å². The van der Waals surface area contributed by atoms with Crippen LogP contribution in [0.1, 0.15) is 56.7 Å². The summed E-state index contributed by atoms with van der Waals surface area (Å²) in [7, 11) is 0. The van der Waals surface area contributed by atoms with Gasteiger partial charge in [0.25, 0.3) is 5.91 Å². The fraction of sp³-hybridized carbons (Fsp3) is 0.219. The summed E-state index contributed by atoms with van der Waals surface area (Å²) >= 11 is 1.63. The molecule has 5 aromatic rings. The highest BCUT2D eigenvalue weighted by Gasteiger charge is 2.29. The van der Waals surface area contributed by atoms with Crippen molar-refractivity contribution in [3.63, 3.8) is 0 Å². The summed E-state index contributed by atoms with van der Waals surface area (Å²) in [6.07, 6.45) is 5.34. The maximum Gasteiger partial charge on any atom is 0.253 e. The summed E-state index contributed by atoms with van der Waals surface area (Å²) < 4.78 is 2.09. The van der Waals surface area contributed by atoms with Gasteiger partial charge in [-0.1, -0.05) is 29.8 Å². The van der Waals surface area contributed by atoms with E-state index in [-0.39, 0.29) is 5.91 Å². The van der Waals surface area contributed by atoms with Gasteiger partial charge in [0.05, 0.1) is 17.8 Å². The largest absolute Gasteiger partial charge is 0.387 e. The van der Waals surface area contributed by atoms with E-state index in [4.69, 9.17) is 0 Å². The van der Waals surface area contributed by atoms with E-state index in [0.29, 0.717) is 25.1 Å². The Morgan fingerprint density at radius 3 is 2.62 bits per heavy atom. The van der Waals surface area contributed by atoms with Gasteiger partial charge >= 0.3 is 0 Å². The molecular weight excluding hydrogens is 504 g/mol. The quantitative estimate of drug-likeness (QED) is 0.297. The number of hydrogen-bond donors (Lipinski definition) is 1. The highest BCUT2D eigenvalue weighted by atomic mass is 32.1. The molecule has 2 aliphatic rings. The smallest absolute Gasteiger partial charge is 0.253 e. The minimum Gasteiger partial charge on any atom is -0.387 e. The van der Waals surface area contributed by atoms with E-state index in [9.17, 15) is 9.90 Å². The number of fused-ring (bicyclic) bond motifs is 3. The first kappa shape index (κ1) is 24.0. The lowest BCUT2D eigenvalue weighted by molar-refractivity contribution is 0.0744. The number of likely N-dealkylation sites (tertiary alicyclic amines) is 1. The molecule has 1 aliphatic carbocycles. The third kappa shape index (κ3) is 4.09. The maximum atomic E-state index is 13.5. The van der Waals surface area contributed by atoms with E-state index in [0.717, 1.165) is 45.8 Å². The standard InChI is InChI=1S/C32H28N4O2S/c1-20-34-27-19-33-14-10-28(27)36(20)24-8-6-22(7-9-24)32(38)35-15-11-21(12-16-35)30-25-5-3-2-4-23(25)18-29(37)31-26(30)13-17-39-31/h2-10,13-14,17,19,29,37H,11-12,15-16,18H2,1H3. The molecule has 0 bridgehead atoms. The monoisotopic (exact) mass is 532 g/mol. The van der Waals surface area contributed by atoms with Crippen LogP contribution in [0.15, 0.2) is 84.0 Å². The van der Waals surface area contributed by atoms with Crippen LogP contribution in [0.25, 0.3) is 22.3 Å². The van der Waals surface area contributed by atoms with Gasteiger partial charge in [-0.25, -0.2) is 4.98 Å². The van der Waals surface area contributed by atoms with Crippen LogP contribution in [0, 0.1) is 6.92 Å². The Morgan fingerprint density at radius 2 is 1.79 bits per heavy atom. The third-order valence-corrected chi connectivity index (χ3v) is 8.99. The van der Waals surface area contributed by atoms with Crippen molar-refractivity contribution in [3.8, 4) is 5.69 Å². The molecule has 1 aliphatic heterocycles. The highest BCUT2D eigenvalue weighted by molar-refractivity contribution is 7.10. The molecule has 1 atom stereocenters. The number of nitrogens with zero attached hydrogens (tertiary/aromatic N) is 4. The van der Waals surface area contributed by atoms with E-state index in [1.54, 1.807) is 23.7 Å². The number of rotatable bonds is 2. The van der Waals surface area contributed by atoms with Crippen LogP contribution in [0.4, 0.5) is 0 Å². The van der Waals surface area contributed by atoms with Crippen molar-refractivity contribution in [2.24, 2.45) is 0 Å². The topological polar surface area (TPSA) is 71.2 Å². The van der Waals surface area contributed by atoms with Crippen molar-refractivity contribution >= 4 is 33.9 Å². The number of piperidine rings is 1. The number of benzene rings is 2. The maximum absolute atomic E-state index is 13.5. The zero-order valence-corrected chi connectivity index (χ0v) is 22.5. The molecule has 3 aromatic heterocycles. The molecule has 1 fully saturated rings. The molecule has 0 saturated carbocycles. The van der Waals surface area contributed by atoms with Crippen molar-refractivity contribution in [1.29, 1.82) is 0 Å². The van der Waals surface area contributed by atoms with E-state index in [1.165, 1.54) is 22.3 Å². The number of carbonyl (C=O) groups excluding carboxylic acids is 1. The van der Waals surface area contributed by atoms with E-state index in [1.807, 2.05) is 48.2 Å². The number of aryl methyl sites for hydroxylation is 1. The number of aromatic nitrogens is 3. The van der Waals surface area contributed by atoms with Gasteiger partial charge in [-0.05, 0) is 83.8 Å². The van der Waals surface area contributed by atoms with E-state index in [2.05, 4.69) is 44.2 Å².